The molecule has 2 aromatic rings. The summed E-state index contributed by atoms with van der Waals surface area (Å²) in [4.78, 5) is 22.2. The van der Waals surface area contributed by atoms with Crippen LogP contribution in [0.25, 0.3) is 0 Å². The summed E-state index contributed by atoms with van der Waals surface area (Å²) in [5, 5.41) is 9.41. The van der Waals surface area contributed by atoms with Crippen molar-refractivity contribution >= 4 is 17.5 Å². The zero-order valence-electron chi connectivity index (χ0n) is 12.4. The summed E-state index contributed by atoms with van der Waals surface area (Å²) >= 11 is 6.02. The molecule has 0 radical (unpaired) electrons. The summed E-state index contributed by atoms with van der Waals surface area (Å²) < 4.78 is 0. The van der Waals surface area contributed by atoms with Gasteiger partial charge in [0.05, 0.1) is 17.8 Å². The Morgan fingerprint density at radius 2 is 2.00 bits per heavy atom. The minimum atomic E-state index is -0.291. The molecule has 0 saturated carbocycles. The first-order valence-corrected chi connectivity index (χ1v) is 7.43. The first kappa shape index (κ1) is 16.4. The van der Waals surface area contributed by atoms with Crippen LogP contribution in [-0.2, 0) is 6.42 Å². The number of hydrogen-bond donors (Lipinski definition) is 1. The van der Waals surface area contributed by atoms with Crippen LogP contribution in [0.2, 0.25) is 5.02 Å². The number of carbonyl (C=O) groups is 1. The molecule has 0 spiro atoms. The third-order valence-corrected chi connectivity index (χ3v) is 3.51. The molecular formula is C16H18ClN3O2. The Balaban J connectivity index is 2.12. The molecular weight excluding hydrogens is 302 g/mol. The van der Waals surface area contributed by atoms with Crippen LogP contribution >= 0.6 is 11.6 Å². The van der Waals surface area contributed by atoms with Crippen LogP contribution in [0.4, 0.5) is 0 Å². The van der Waals surface area contributed by atoms with E-state index in [0.29, 0.717) is 18.8 Å². The largest absolute Gasteiger partial charge is 0.395 e. The Morgan fingerprint density at radius 3 is 2.68 bits per heavy atom. The molecule has 1 heterocycles. The van der Waals surface area contributed by atoms with Gasteiger partial charge in [-0.3, -0.25) is 4.79 Å². The van der Waals surface area contributed by atoms with Crippen molar-refractivity contribution in [3.8, 4) is 0 Å². The van der Waals surface area contributed by atoms with Gasteiger partial charge in [0.15, 0.2) is 5.69 Å². The molecule has 22 heavy (non-hydrogen) atoms. The first-order valence-electron chi connectivity index (χ1n) is 7.05. The van der Waals surface area contributed by atoms with Crippen LogP contribution in [-0.4, -0.2) is 45.6 Å². The number of aliphatic hydroxyl groups excluding tert-OH is 1. The SMILES string of the molecule is Cc1ncc(Cl)c(C(=O)N(CCO)CCc2ccccc2)n1. The molecule has 0 saturated heterocycles. The molecule has 0 atom stereocenters. The maximum atomic E-state index is 12.6. The number of carbonyl (C=O) groups excluding carboxylic acids is 1. The lowest BCUT2D eigenvalue weighted by atomic mass is 10.1. The van der Waals surface area contributed by atoms with Gasteiger partial charge in [0.25, 0.3) is 5.91 Å². The van der Waals surface area contributed by atoms with Crippen LogP contribution in [0.15, 0.2) is 36.5 Å². The van der Waals surface area contributed by atoms with Gasteiger partial charge in [-0.25, -0.2) is 9.97 Å². The predicted molar refractivity (Wildman–Crippen MR) is 84.9 cm³/mol. The molecule has 0 aliphatic carbocycles. The van der Waals surface area contributed by atoms with Crippen LogP contribution in [0, 0.1) is 6.92 Å². The molecule has 1 N–H and O–H groups in total. The average Bonchev–Trinajstić information content (AvgIpc) is 2.54. The maximum Gasteiger partial charge on any atom is 0.274 e. The standard InChI is InChI=1S/C16H18ClN3O2/c1-12-18-11-14(17)15(19-12)16(22)20(9-10-21)8-7-13-5-3-2-4-6-13/h2-6,11,21H,7-10H2,1H3. The molecule has 0 aliphatic heterocycles. The Kier molecular flexibility index (Phi) is 5.86. The summed E-state index contributed by atoms with van der Waals surface area (Å²) in [6, 6.07) is 9.87. The lowest BCUT2D eigenvalue weighted by molar-refractivity contribution is 0.0718. The van der Waals surface area contributed by atoms with Crippen LogP contribution < -0.4 is 0 Å². The van der Waals surface area contributed by atoms with Crippen molar-refractivity contribution in [3.63, 3.8) is 0 Å². The third-order valence-electron chi connectivity index (χ3n) is 3.24. The van der Waals surface area contributed by atoms with E-state index in [1.165, 1.54) is 6.20 Å². The first-order chi connectivity index (χ1) is 10.6. The topological polar surface area (TPSA) is 66.3 Å². The number of aliphatic hydroxyl groups is 1. The third kappa shape index (κ3) is 4.26. The summed E-state index contributed by atoms with van der Waals surface area (Å²) in [7, 11) is 0. The van der Waals surface area contributed by atoms with Gasteiger partial charge in [-0.05, 0) is 18.9 Å². The van der Waals surface area contributed by atoms with E-state index < -0.39 is 0 Å². The lowest BCUT2D eigenvalue weighted by Crippen LogP contribution is -2.36. The Morgan fingerprint density at radius 1 is 1.27 bits per heavy atom. The van der Waals surface area contributed by atoms with E-state index in [2.05, 4.69) is 9.97 Å². The highest BCUT2D eigenvalue weighted by molar-refractivity contribution is 6.33. The molecule has 0 aliphatic rings. The highest BCUT2D eigenvalue weighted by Crippen LogP contribution is 2.15. The van der Waals surface area contributed by atoms with E-state index in [1.807, 2.05) is 30.3 Å². The van der Waals surface area contributed by atoms with E-state index >= 15 is 0 Å². The molecule has 6 heteroatoms. The van der Waals surface area contributed by atoms with Crippen molar-refractivity contribution in [2.75, 3.05) is 19.7 Å². The fourth-order valence-corrected chi connectivity index (χ4v) is 2.27. The monoisotopic (exact) mass is 319 g/mol. The summed E-state index contributed by atoms with van der Waals surface area (Å²) in [6.07, 6.45) is 2.12. The second-order valence-electron chi connectivity index (χ2n) is 4.87. The fourth-order valence-electron chi connectivity index (χ4n) is 2.10. The minimum absolute atomic E-state index is 0.109. The number of aromatic nitrogens is 2. The van der Waals surface area contributed by atoms with Crippen molar-refractivity contribution in [1.82, 2.24) is 14.9 Å². The van der Waals surface area contributed by atoms with Gasteiger partial charge in [-0.15, -0.1) is 0 Å². The van der Waals surface area contributed by atoms with E-state index in [4.69, 9.17) is 11.6 Å². The van der Waals surface area contributed by atoms with E-state index in [-0.39, 0.29) is 29.8 Å². The Bertz CT molecular complexity index is 635. The molecule has 0 bridgehead atoms. The Labute approximate surface area is 134 Å². The molecule has 1 aromatic heterocycles. The second-order valence-corrected chi connectivity index (χ2v) is 5.27. The smallest absolute Gasteiger partial charge is 0.274 e. The normalized spacial score (nSPS) is 10.5. The van der Waals surface area contributed by atoms with Crippen LogP contribution in [0.3, 0.4) is 0 Å². The highest BCUT2D eigenvalue weighted by Gasteiger charge is 2.20. The second kappa shape index (κ2) is 7.87. The maximum absolute atomic E-state index is 12.6. The van der Waals surface area contributed by atoms with Gasteiger partial charge in [-0.2, -0.15) is 0 Å². The summed E-state index contributed by atoms with van der Waals surface area (Å²) in [5.74, 6) is 0.195. The van der Waals surface area contributed by atoms with Crippen molar-refractivity contribution in [2.45, 2.75) is 13.3 Å². The minimum Gasteiger partial charge on any atom is -0.395 e. The van der Waals surface area contributed by atoms with Gasteiger partial charge in [0.2, 0.25) is 0 Å². The molecule has 5 nitrogen and oxygen atoms in total. The van der Waals surface area contributed by atoms with Crippen LogP contribution in [0.5, 0.6) is 0 Å². The quantitative estimate of drug-likeness (QED) is 0.885. The van der Waals surface area contributed by atoms with E-state index in [1.54, 1.807) is 11.8 Å². The summed E-state index contributed by atoms with van der Waals surface area (Å²) in [5.41, 5.74) is 1.30. The molecule has 1 amide bonds. The van der Waals surface area contributed by atoms with Crippen molar-refractivity contribution in [1.29, 1.82) is 0 Å². The number of hydrogen-bond acceptors (Lipinski definition) is 4. The van der Waals surface area contributed by atoms with E-state index in [9.17, 15) is 9.90 Å². The zero-order chi connectivity index (χ0) is 15.9. The fraction of sp³-hybridized carbons (Fsp3) is 0.312. The lowest BCUT2D eigenvalue weighted by Gasteiger charge is -2.22. The van der Waals surface area contributed by atoms with Crippen molar-refractivity contribution in [2.24, 2.45) is 0 Å². The highest BCUT2D eigenvalue weighted by atomic mass is 35.5. The van der Waals surface area contributed by atoms with Crippen LogP contribution in [0.1, 0.15) is 21.9 Å². The molecule has 0 fully saturated rings. The predicted octanol–water partition coefficient (Wildman–Crippen LogP) is 2.12. The molecule has 1 aromatic carbocycles. The van der Waals surface area contributed by atoms with Gasteiger partial charge in [0, 0.05) is 13.1 Å². The van der Waals surface area contributed by atoms with Crippen molar-refractivity contribution in [3.05, 3.63) is 58.6 Å². The molecule has 0 unspecified atom stereocenters. The zero-order valence-corrected chi connectivity index (χ0v) is 13.1. The van der Waals surface area contributed by atoms with Crippen molar-refractivity contribution < 1.29 is 9.90 Å². The average molecular weight is 320 g/mol. The number of halogens is 1. The number of aryl methyl sites for hydroxylation is 1. The Hall–Kier alpha value is -1.98. The molecule has 116 valence electrons. The number of nitrogens with zero attached hydrogens (tertiary/aromatic N) is 3. The number of benzene rings is 1. The summed E-state index contributed by atoms with van der Waals surface area (Å²) in [6.45, 7) is 2.32. The number of amides is 1. The number of rotatable bonds is 6. The van der Waals surface area contributed by atoms with Gasteiger partial charge >= 0.3 is 0 Å². The van der Waals surface area contributed by atoms with Gasteiger partial charge in [-0.1, -0.05) is 41.9 Å². The molecule has 2 rings (SSSR count). The van der Waals surface area contributed by atoms with Gasteiger partial charge < -0.3 is 10.0 Å². The van der Waals surface area contributed by atoms with Gasteiger partial charge in [0.1, 0.15) is 5.82 Å². The van der Waals surface area contributed by atoms with E-state index in [0.717, 1.165) is 5.56 Å².